The maximum atomic E-state index is 6.15. The Morgan fingerprint density at radius 3 is 2.61 bits per heavy atom. The first-order chi connectivity index (χ1) is 8.52. The van der Waals surface area contributed by atoms with Gasteiger partial charge in [0.05, 0.1) is 11.7 Å². The minimum absolute atomic E-state index is 0.0445. The zero-order valence-electron chi connectivity index (χ0n) is 11.4. The first-order valence-corrected chi connectivity index (χ1v) is 8.06. The lowest BCUT2D eigenvalue weighted by Gasteiger charge is -2.47. The molecule has 0 bridgehead atoms. The van der Waals surface area contributed by atoms with E-state index < -0.39 is 0 Å². The van der Waals surface area contributed by atoms with Crippen LogP contribution in [0.1, 0.15) is 26.3 Å². The molecule has 1 aliphatic heterocycles. The molecule has 1 fully saturated rings. The highest BCUT2D eigenvalue weighted by atomic mass is 127. The van der Waals surface area contributed by atoms with E-state index in [1.165, 1.54) is 5.56 Å². The van der Waals surface area contributed by atoms with Gasteiger partial charge in [0, 0.05) is 23.6 Å². The lowest BCUT2D eigenvalue weighted by molar-refractivity contribution is -0.153. The predicted octanol–water partition coefficient (Wildman–Crippen LogP) is 3.49. The number of benzene rings is 1. The summed E-state index contributed by atoms with van der Waals surface area (Å²) in [6.45, 7) is 8.67. The number of alkyl halides is 1. The van der Waals surface area contributed by atoms with E-state index in [0.717, 1.165) is 17.5 Å². The van der Waals surface area contributed by atoms with E-state index in [2.05, 4.69) is 78.6 Å². The second kappa shape index (κ2) is 5.88. The van der Waals surface area contributed by atoms with Crippen molar-refractivity contribution < 1.29 is 4.74 Å². The molecule has 0 aromatic heterocycles. The van der Waals surface area contributed by atoms with Crippen LogP contribution < -0.4 is 0 Å². The Kier molecular flexibility index (Phi) is 4.67. The van der Waals surface area contributed by atoms with Crippen LogP contribution in [0.4, 0.5) is 0 Å². The molecule has 1 heterocycles. The summed E-state index contributed by atoms with van der Waals surface area (Å²) in [5.74, 6) is 0. The van der Waals surface area contributed by atoms with Crippen molar-refractivity contribution in [2.75, 3.05) is 11.0 Å². The number of rotatable bonds is 3. The third-order valence-corrected chi connectivity index (χ3v) is 4.42. The maximum Gasteiger partial charge on any atom is 0.0824 e. The van der Waals surface area contributed by atoms with Crippen LogP contribution in [-0.4, -0.2) is 33.6 Å². The fraction of sp³-hybridized carbons (Fsp3) is 0.600. The predicted molar refractivity (Wildman–Crippen MR) is 84.2 cm³/mol. The van der Waals surface area contributed by atoms with Crippen molar-refractivity contribution in [3.05, 3.63) is 35.9 Å². The minimum Gasteiger partial charge on any atom is -0.369 e. The Balaban J connectivity index is 2.10. The number of halogens is 1. The van der Waals surface area contributed by atoms with Crippen LogP contribution >= 0.6 is 22.6 Å². The third-order valence-electron chi connectivity index (χ3n) is 3.55. The first kappa shape index (κ1) is 14.3. The fourth-order valence-corrected chi connectivity index (χ4v) is 3.51. The Morgan fingerprint density at radius 1 is 1.33 bits per heavy atom. The van der Waals surface area contributed by atoms with Gasteiger partial charge in [-0.05, 0) is 26.3 Å². The summed E-state index contributed by atoms with van der Waals surface area (Å²) in [4.78, 5) is 2.54. The van der Waals surface area contributed by atoms with Crippen molar-refractivity contribution >= 4 is 22.6 Å². The van der Waals surface area contributed by atoms with Gasteiger partial charge < -0.3 is 4.74 Å². The second-order valence-corrected chi connectivity index (χ2v) is 6.58. The van der Waals surface area contributed by atoms with E-state index in [-0.39, 0.29) is 5.60 Å². The smallest absolute Gasteiger partial charge is 0.0824 e. The van der Waals surface area contributed by atoms with Gasteiger partial charge in [0.1, 0.15) is 0 Å². The zero-order chi connectivity index (χ0) is 13.2. The second-order valence-electron chi connectivity index (χ2n) is 5.70. The number of nitrogens with zero attached hydrogens (tertiary/aromatic N) is 1. The molecule has 0 N–H and O–H groups in total. The van der Waals surface area contributed by atoms with Crippen LogP contribution in [0.15, 0.2) is 30.3 Å². The van der Waals surface area contributed by atoms with Gasteiger partial charge in [0.2, 0.25) is 0 Å². The molecule has 0 amide bonds. The van der Waals surface area contributed by atoms with Crippen molar-refractivity contribution in [1.29, 1.82) is 0 Å². The summed E-state index contributed by atoms with van der Waals surface area (Å²) in [7, 11) is 0. The summed E-state index contributed by atoms with van der Waals surface area (Å²) in [5.41, 5.74) is 1.34. The molecule has 0 saturated carbocycles. The van der Waals surface area contributed by atoms with Gasteiger partial charge in [0.25, 0.3) is 0 Å². The van der Waals surface area contributed by atoms with Crippen molar-refractivity contribution in [1.82, 2.24) is 4.90 Å². The van der Waals surface area contributed by atoms with E-state index in [1.54, 1.807) is 0 Å². The lowest BCUT2D eigenvalue weighted by atomic mass is 10.00. The number of ether oxygens (including phenoxy) is 1. The normalized spacial score (nSPS) is 28.2. The van der Waals surface area contributed by atoms with E-state index in [9.17, 15) is 0 Å². The lowest BCUT2D eigenvalue weighted by Crippen LogP contribution is -2.57. The molecule has 2 rings (SSSR count). The highest BCUT2D eigenvalue weighted by molar-refractivity contribution is 14.1. The monoisotopic (exact) mass is 359 g/mol. The first-order valence-electron chi connectivity index (χ1n) is 6.53. The SMILES string of the molecule is CC1C(CI)OC(C)(C)CN1Cc1ccccc1. The standard InChI is InChI=1S/C15H22INO/c1-12-14(9-16)18-15(2,3)11-17(12)10-13-7-5-4-6-8-13/h4-8,12,14H,9-11H2,1-3H3. The topological polar surface area (TPSA) is 12.5 Å². The molecule has 3 heteroatoms. The molecule has 0 spiro atoms. The maximum absolute atomic E-state index is 6.15. The molecule has 1 saturated heterocycles. The number of hydrogen-bond acceptors (Lipinski definition) is 2. The average Bonchev–Trinajstić information content (AvgIpc) is 2.34. The van der Waals surface area contributed by atoms with Gasteiger partial charge in [-0.2, -0.15) is 0 Å². The summed E-state index contributed by atoms with van der Waals surface area (Å²) < 4.78 is 7.20. The highest BCUT2D eigenvalue weighted by Crippen LogP contribution is 2.28. The van der Waals surface area contributed by atoms with Crippen LogP contribution in [0.2, 0.25) is 0 Å². The molecule has 1 aromatic carbocycles. The molecular formula is C15H22INO. The van der Waals surface area contributed by atoms with Gasteiger partial charge in [0.15, 0.2) is 0 Å². The molecule has 100 valence electrons. The molecule has 2 nitrogen and oxygen atoms in total. The van der Waals surface area contributed by atoms with Crippen LogP contribution in [0, 0.1) is 0 Å². The molecule has 2 unspecified atom stereocenters. The van der Waals surface area contributed by atoms with Crippen LogP contribution in [0.3, 0.4) is 0 Å². The van der Waals surface area contributed by atoms with Gasteiger partial charge in [-0.25, -0.2) is 0 Å². The summed E-state index contributed by atoms with van der Waals surface area (Å²) >= 11 is 2.43. The molecule has 1 aliphatic rings. The molecular weight excluding hydrogens is 337 g/mol. The Hall–Kier alpha value is -0.130. The van der Waals surface area contributed by atoms with E-state index >= 15 is 0 Å². The quantitative estimate of drug-likeness (QED) is 0.605. The Bertz CT molecular complexity index is 379. The van der Waals surface area contributed by atoms with Crippen molar-refractivity contribution in [2.45, 2.75) is 45.1 Å². The van der Waals surface area contributed by atoms with Gasteiger partial charge in [-0.1, -0.05) is 52.9 Å². The van der Waals surface area contributed by atoms with Gasteiger partial charge in [-0.15, -0.1) is 0 Å². The van der Waals surface area contributed by atoms with Crippen LogP contribution in [0.5, 0.6) is 0 Å². The summed E-state index contributed by atoms with van der Waals surface area (Å²) in [6, 6.07) is 11.2. The molecule has 0 aliphatic carbocycles. The van der Waals surface area contributed by atoms with Gasteiger partial charge >= 0.3 is 0 Å². The molecule has 2 atom stereocenters. The molecule has 18 heavy (non-hydrogen) atoms. The van der Waals surface area contributed by atoms with E-state index in [4.69, 9.17) is 4.74 Å². The Morgan fingerprint density at radius 2 is 2.00 bits per heavy atom. The average molecular weight is 359 g/mol. The number of hydrogen-bond donors (Lipinski definition) is 0. The minimum atomic E-state index is -0.0445. The zero-order valence-corrected chi connectivity index (χ0v) is 13.6. The third kappa shape index (κ3) is 3.45. The van der Waals surface area contributed by atoms with Crippen LogP contribution in [0.25, 0.3) is 0 Å². The van der Waals surface area contributed by atoms with Crippen LogP contribution in [-0.2, 0) is 11.3 Å². The summed E-state index contributed by atoms with van der Waals surface area (Å²) in [5, 5.41) is 0. The molecule has 0 radical (unpaired) electrons. The van der Waals surface area contributed by atoms with E-state index in [0.29, 0.717) is 12.1 Å². The van der Waals surface area contributed by atoms with Gasteiger partial charge in [-0.3, -0.25) is 4.90 Å². The fourth-order valence-electron chi connectivity index (χ4n) is 2.59. The largest absolute Gasteiger partial charge is 0.369 e. The Labute approximate surface area is 124 Å². The van der Waals surface area contributed by atoms with Crippen molar-refractivity contribution in [3.8, 4) is 0 Å². The number of morpholine rings is 1. The van der Waals surface area contributed by atoms with E-state index in [1.807, 2.05) is 0 Å². The van der Waals surface area contributed by atoms with Crippen molar-refractivity contribution in [2.24, 2.45) is 0 Å². The van der Waals surface area contributed by atoms with Crippen molar-refractivity contribution in [3.63, 3.8) is 0 Å². The summed E-state index contributed by atoms with van der Waals surface area (Å²) in [6.07, 6.45) is 0.332. The highest BCUT2D eigenvalue weighted by Gasteiger charge is 2.37. The molecule has 1 aromatic rings.